The monoisotopic (exact) mass is 292 g/mol. The van der Waals surface area contributed by atoms with Gasteiger partial charge in [0.05, 0.1) is 10.7 Å². The third kappa shape index (κ3) is 3.29. The lowest BCUT2D eigenvalue weighted by molar-refractivity contribution is 0.378. The predicted octanol–water partition coefficient (Wildman–Crippen LogP) is 4.22. The summed E-state index contributed by atoms with van der Waals surface area (Å²) in [6, 6.07) is 7.90. The first-order chi connectivity index (χ1) is 9.63. The molecule has 1 aromatic rings. The summed E-state index contributed by atoms with van der Waals surface area (Å²) in [6.07, 6.45) is 5.19. The first-order valence-electron chi connectivity index (χ1n) is 7.92. The Kier molecular flexibility index (Phi) is 4.23. The van der Waals surface area contributed by atoms with E-state index in [0.717, 1.165) is 30.1 Å². The lowest BCUT2D eigenvalue weighted by atomic mass is 9.93. The molecule has 20 heavy (non-hydrogen) atoms. The highest BCUT2D eigenvalue weighted by atomic mass is 35.5. The van der Waals surface area contributed by atoms with Crippen LogP contribution in [0.15, 0.2) is 18.2 Å². The number of rotatable bonds is 4. The molecule has 1 aliphatic heterocycles. The summed E-state index contributed by atoms with van der Waals surface area (Å²) in [5.74, 6) is 0.835. The SMILES string of the molecule is CC1CCN(c2ccc(CNC3CC3)cc2Cl)C(C)C1. The Morgan fingerprint density at radius 1 is 1.25 bits per heavy atom. The van der Waals surface area contributed by atoms with Crippen molar-refractivity contribution in [3.8, 4) is 0 Å². The van der Waals surface area contributed by atoms with Crippen LogP contribution in [0.2, 0.25) is 5.02 Å². The van der Waals surface area contributed by atoms with Gasteiger partial charge >= 0.3 is 0 Å². The molecule has 2 fully saturated rings. The highest BCUT2D eigenvalue weighted by molar-refractivity contribution is 6.33. The Morgan fingerprint density at radius 2 is 2.05 bits per heavy atom. The van der Waals surface area contributed by atoms with E-state index in [1.165, 1.54) is 36.9 Å². The molecule has 3 heteroatoms. The summed E-state index contributed by atoms with van der Waals surface area (Å²) >= 11 is 6.53. The standard InChI is InChI=1S/C17H25ClN2/c1-12-7-8-20(13(2)9-12)17-6-3-14(10-16(17)18)11-19-15-4-5-15/h3,6,10,12-13,15,19H,4-5,7-9,11H2,1-2H3. The molecule has 2 nitrogen and oxygen atoms in total. The number of anilines is 1. The van der Waals surface area contributed by atoms with E-state index < -0.39 is 0 Å². The smallest absolute Gasteiger partial charge is 0.0642 e. The predicted molar refractivity (Wildman–Crippen MR) is 86.5 cm³/mol. The van der Waals surface area contributed by atoms with Crippen LogP contribution >= 0.6 is 11.6 Å². The number of benzene rings is 1. The van der Waals surface area contributed by atoms with Gasteiger partial charge in [0.1, 0.15) is 0 Å². The summed E-state index contributed by atoms with van der Waals surface area (Å²) in [6.45, 7) is 6.73. The zero-order chi connectivity index (χ0) is 14.1. The Morgan fingerprint density at radius 3 is 2.70 bits per heavy atom. The number of piperidine rings is 1. The van der Waals surface area contributed by atoms with Crippen molar-refractivity contribution in [3.63, 3.8) is 0 Å². The number of hydrogen-bond acceptors (Lipinski definition) is 2. The fourth-order valence-electron chi connectivity index (χ4n) is 3.21. The Bertz CT molecular complexity index is 470. The Hall–Kier alpha value is -0.730. The van der Waals surface area contributed by atoms with Gasteiger partial charge in [-0.15, -0.1) is 0 Å². The summed E-state index contributed by atoms with van der Waals surface area (Å²) in [5.41, 5.74) is 2.50. The fourth-order valence-corrected chi connectivity index (χ4v) is 3.52. The molecule has 2 unspecified atom stereocenters. The molecule has 1 saturated carbocycles. The van der Waals surface area contributed by atoms with E-state index in [2.05, 4.69) is 42.3 Å². The first-order valence-corrected chi connectivity index (χ1v) is 8.29. The topological polar surface area (TPSA) is 15.3 Å². The fraction of sp³-hybridized carbons (Fsp3) is 0.647. The van der Waals surface area contributed by atoms with Crippen molar-refractivity contribution in [3.05, 3.63) is 28.8 Å². The Labute approximate surface area is 127 Å². The minimum absolute atomic E-state index is 0.590. The maximum absolute atomic E-state index is 6.53. The van der Waals surface area contributed by atoms with Crippen LogP contribution in [0.3, 0.4) is 0 Å². The van der Waals surface area contributed by atoms with Gasteiger partial charge in [0.25, 0.3) is 0 Å². The van der Waals surface area contributed by atoms with E-state index in [1.807, 2.05) is 0 Å². The molecule has 1 aliphatic carbocycles. The molecule has 0 radical (unpaired) electrons. The second kappa shape index (κ2) is 5.95. The molecule has 0 amide bonds. The quantitative estimate of drug-likeness (QED) is 0.894. The van der Waals surface area contributed by atoms with Gasteiger partial charge in [-0.25, -0.2) is 0 Å². The summed E-state index contributed by atoms with van der Waals surface area (Å²) in [5, 5.41) is 4.45. The van der Waals surface area contributed by atoms with E-state index >= 15 is 0 Å². The van der Waals surface area contributed by atoms with E-state index in [4.69, 9.17) is 11.6 Å². The van der Waals surface area contributed by atoms with Crippen LogP contribution in [0.5, 0.6) is 0 Å². The lowest BCUT2D eigenvalue weighted by Gasteiger charge is -2.38. The van der Waals surface area contributed by atoms with Crippen molar-refractivity contribution >= 4 is 17.3 Å². The van der Waals surface area contributed by atoms with Gasteiger partial charge in [-0.3, -0.25) is 0 Å². The van der Waals surface area contributed by atoms with Crippen LogP contribution in [0.25, 0.3) is 0 Å². The van der Waals surface area contributed by atoms with E-state index in [0.29, 0.717) is 6.04 Å². The molecule has 0 aromatic heterocycles. The van der Waals surface area contributed by atoms with Crippen LogP contribution in [0, 0.1) is 5.92 Å². The average molecular weight is 293 g/mol. The van der Waals surface area contributed by atoms with Crippen molar-refractivity contribution in [2.75, 3.05) is 11.4 Å². The van der Waals surface area contributed by atoms with Gasteiger partial charge in [-0.1, -0.05) is 24.6 Å². The van der Waals surface area contributed by atoms with E-state index in [1.54, 1.807) is 0 Å². The second-order valence-corrected chi connectivity index (χ2v) is 7.02. The minimum Gasteiger partial charge on any atom is -0.368 e. The molecule has 2 aliphatic rings. The largest absolute Gasteiger partial charge is 0.368 e. The van der Waals surface area contributed by atoms with Crippen LogP contribution in [-0.2, 0) is 6.54 Å². The van der Waals surface area contributed by atoms with Crippen molar-refractivity contribution < 1.29 is 0 Å². The molecule has 1 heterocycles. The van der Waals surface area contributed by atoms with Crippen molar-refractivity contribution in [2.45, 2.75) is 58.2 Å². The highest BCUT2D eigenvalue weighted by Crippen LogP contribution is 2.33. The molecule has 110 valence electrons. The molecular formula is C17H25ClN2. The zero-order valence-corrected chi connectivity index (χ0v) is 13.3. The van der Waals surface area contributed by atoms with Crippen LogP contribution in [0.1, 0.15) is 45.1 Å². The van der Waals surface area contributed by atoms with Gasteiger partial charge in [0, 0.05) is 25.2 Å². The van der Waals surface area contributed by atoms with Crippen molar-refractivity contribution in [2.24, 2.45) is 5.92 Å². The average Bonchev–Trinajstić information content (AvgIpc) is 3.22. The van der Waals surface area contributed by atoms with E-state index in [9.17, 15) is 0 Å². The molecular weight excluding hydrogens is 268 g/mol. The van der Waals surface area contributed by atoms with Gasteiger partial charge in [0.2, 0.25) is 0 Å². The van der Waals surface area contributed by atoms with Crippen LogP contribution in [-0.4, -0.2) is 18.6 Å². The Balaban J connectivity index is 1.69. The third-order valence-corrected chi connectivity index (χ3v) is 4.93. The van der Waals surface area contributed by atoms with Gasteiger partial charge in [0.15, 0.2) is 0 Å². The number of nitrogens with one attached hydrogen (secondary N) is 1. The molecule has 0 spiro atoms. The number of hydrogen-bond donors (Lipinski definition) is 1. The normalized spacial score (nSPS) is 26.9. The van der Waals surface area contributed by atoms with E-state index in [-0.39, 0.29) is 0 Å². The summed E-state index contributed by atoms with van der Waals surface area (Å²) in [7, 11) is 0. The van der Waals surface area contributed by atoms with Gasteiger partial charge in [-0.2, -0.15) is 0 Å². The molecule has 3 rings (SSSR count). The number of halogens is 1. The first kappa shape index (κ1) is 14.2. The molecule has 1 N–H and O–H groups in total. The summed E-state index contributed by atoms with van der Waals surface area (Å²) < 4.78 is 0. The van der Waals surface area contributed by atoms with Crippen molar-refractivity contribution in [1.82, 2.24) is 5.32 Å². The summed E-state index contributed by atoms with van der Waals surface area (Å²) in [4.78, 5) is 2.47. The zero-order valence-electron chi connectivity index (χ0n) is 12.5. The number of nitrogens with zero attached hydrogens (tertiary/aromatic N) is 1. The third-order valence-electron chi connectivity index (χ3n) is 4.63. The molecule has 1 aromatic carbocycles. The van der Waals surface area contributed by atoms with Crippen LogP contribution < -0.4 is 10.2 Å². The molecule has 0 bridgehead atoms. The van der Waals surface area contributed by atoms with Crippen molar-refractivity contribution in [1.29, 1.82) is 0 Å². The molecule has 1 saturated heterocycles. The van der Waals surface area contributed by atoms with Gasteiger partial charge in [-0.05, 0) is 56.2 Å². The lowest BCUT2D eigenvalue weighted by Crippen LogP contribution is -2.40. The maximum Gasteiger partial charge on any atom is 0.0642 e. The van der Waals surface area contributed by atoms with Crippen LogP contribution in [0.4, 0.5) is 5.69 Å². The molecule has 2 atom stereocenters. The second-order valence-electron chi connectivity index (χ2n) is 6.61. The minimum atomic E-state index is 0.590. The maximum atomic E-state index is 6.53. The van der Waals surface area contributed by atoms with Gasteiger partial charge < -0.3 is 10.2 Å². The highest BCUT2D eigenvalue weighted by Gasteiger charge is 2.24.